The normalized spacial score (nSPS) is 18.2. The number of aryl methyl sites for hydroxylation is 1. The first-order valence-corrected chi connectivity index (χ1v) is 9.38. The number of piperidine rings is 1. The van der Waals surface area contributed by atoms with Gasteiger partial charge in [0.15, 0.2) is 5.96 Å². The van der Waals surface area contributed by atoms with Crippen LogP contribution < -0.4 is 10.6 Å². The molecule has 7 heteroatoms. The Bertz CT molecular complexity index is 597. The number of likely N-dealkylation sites (N-methyl/N-ethyl adjacent to an activating group) is 1. The second-order valence-electron chi connectivity index (χ2n) is 7.53. The number of aromatic nitrogens is 2. The van der Waals surface area contributed by atoms with Gasteiger partial charge in [-0.2, -0.15) is 5.10 Å². The number of nitrogens with one attached hydrogen (secondary N) is 2. The van der Waals surface area contributed by atoms with Gasteiger partial charge in [0.1, 0.15) is 0 Å². The van der Waals surface area contributed by atoms with E-state index >= 15 is 0 Å². The lowest BCUT2D eigenvalue weighted by molar-refractivity contribution is 0.220. The zero-order chi connectivity index (χ0) is 19.1. The van der Waals surface area contributed by atoms with Crippen LogP contribution in [0.3, 0.4) is 0 Å². The van der Waals surface area contributed by atoms with Crippen molar-refractivity contribution in [3.05, 3.63) is 30.1 Å². The summed E-state index contributed by atoms with van der Waals surface area (Å²) < 4.78 is 1.84. The zero-order valence-corrected chi connectivity index (χ0v) is 17.0. The van der Waals surface area contributed by atoms with E-state index in [0.29, 0.717) is 6.04 Å². The second-order valence-corrected chi connectivity index (χ2v) is 7.53. The molecule has 0 amide bonds. The Hall–Kier alpha value is -1.86. The number of aliphatic imine (C=N–C) groups is 1. The molecule has 146 valence electrons. The summed E-state index contributed by atoms with van der Waals surface area (Å²) in [6.45, 7) is 10.1. The first-order valence-electron chi connectivity index (χ1n) is 9.38. The minimum absolute atomic E-state index is 0.250. The standard InChI is InChI=1S/C19H35N7/c1-15(2)13-26-9-7-17(8-10-26)23-19(20-3)21-12-18(24(4)5)16-11-22-25(6)14-16/h11,14,17-18H,1,7-10,12-13H2,2-6H3,(H2,20,21,23). The number of nitrogens with zero attached hydrogens (tertiary/aromatic N) is 5. The van der Waals surface area contributed by atoms with Crippen LogP contribution in [0.2, 0.25) is 0 Å². The van der Waals surface area contributed by atoms with Crippen molar-refractivity contribution in [1.29, 1.82) is 0 Å². The van der Waals surface area contributed by atoms with Crippen LogP contribution in [-0.2, 0) is 7.05 Å². The highest BCUT2D eigenvalue weighted by molar-refractivity contribution is 5.80. The molecule has 1 aromatic rings. The summed E-state index contributed by atoms with van der Waals surface area (Å²) >= 11 is 0. The fourth-order valence-electron chi connectivity index (χ4n) is 3.41. The number of likely N-dealkylation sites (tertiary alicyclic amines) is 1. The Morgan fingerprint density at radius 3 is 2.62 bits per heavy atom. The average molecular weight is 362 g/mol. The minimum Gasteiger partial charge on any atom is -0.354 e. The lowest BCUT2D eigenvalue weighted by atomic mass is 10.0. The molecule has 1 saturated heterocycles. The molecule has 7 nitrogen and oxygen atoms in total. The van der Waals surface area contributed by atoms with Gasteiger partial charge in [0.05, 0.1) is 12.2 Å². The summed E-state index contributed by atoms with van der Waals surface area (Å²) in [5.74, 6) is 0.874. The lowest BCUT2D eigenvalue weighted by Crippen LogP contribution is -2.50. The van der Waals surface area contributed by atoms with Crippen LogP contribution in [0.4, 0.5) is 0 Å². The highest BCUT2D eigenvalue weighted by atomic mass is 15.3. The predicted molar refractivity (Wildman–Crippen MR) is 108 cm³/mol. The first-order chi connectivity index (χ1) is 12.4. The molecule has 2 rings (SSSR count). The SMILES string of the molecule is C=C(C)CN1CCC(NC(=NC)NCC(c2cnn(C)c2)N(C)C)CC1. The van der Waals surface area contributed by atoms with Crippen LogP contribution in [0.1, 0.15) is 31.4 Å². The summed E-state index contributed by atoms with van der Waals surface area (Å²) in [6, 6.07) is 0.721. The number of rotatable bonds is 7. The van der Waals surface area contributed by atoms with Gasteiger partial charge in [0.25, 0.3) is 0 Å². The Balaban J connectivity index is 1.83. The maximum absolute atomic E-state index is 4.41. The fourth-order valence-corrected chi connectivity index (χ4v) is 3.41. The molecule has 0 spiro atoms. The van der Waals surface area contributed by atoms with Gasteiger partial charge < -0.3 is 15.5 Å². The number of guanidine groups is 1. The monoisotopic (exact) mass is 361 g/mol. The van der Waals surface area contributed by atoms with Crippen molar-refractivity contribution in [1.82, 2.24) is 30.2 Å². The molecule has 1 aliphatic heterocycles. The quantitative estimate of drug-likeness (QED) is 0.435. The fraction of sp³-hybridized carbons (Fsp3) is 0.684. The van der Waals surface area contributed by atoms with Gasteiger partial charge >= 0.3 is 0 Å². The van der Waals surface area contributed by atoms with E-state index in [1.807, 2.05) is 25.0 Å². The number of hydrogen-bond acceptors (Lipinski definition) is 4. The molecule has 0 saturated carbocycles. The van der Waals surface area contributed by atoms with Crippen LogP contribution >= 0.6 is 0 Å². The molecular weight excluding hydrogens is 326 g/mol. The van der Waals surface area contributed by atoms with Crippen molar-refractivity contribution in [2.75, 3.05) is 47.3 Å². The van der Waals surface area contributed by atoms with Crippen LogP contribution in [0.15, 0.2) is 29.5 Å². The second kappa shape index (κ2) is 9.73. The lowest BCUT2D eigenvalue weighted by Gasteiger charge is -2.33. The molecule has 0 bridgehead atoms. The Morgan fingerprint density at radius 1 is 1.42 bits per heavy atom. The molecule has 26 heavy (non-hydrogen) atoms. The molecule has 0 aliphatic carbocycles. The van der Waals surface area contributed by atoms with Crippen molar-refractivity contribution < 1.29 is 0 Å². The molecule has 2 heterocycles. The first kappa shape index (κ1) is 20.5. The van der Waals surface area contributed by atoms with E-state index < -0.39 is 0 Å². The van der Waals surface area contributed by atoms with Gasteiger partial charge in [-0.25, -0.2) is 0 Å². The summed E-state index contributed by atoms with van der Waals surface area (Å²) in [7, 11) is 7.96. The maximum atomic E-state index is 4.41. The van der Waals surface area contributed by atoms with Gasteiger partial charge in [-0.15, -0.1) is 0 Å². The van der Waals surface area contributed by atoms with Crippen LogP contribution in [0, 0.1) is 0 Å². The topological polar surface area (TPSA) is 60.7 Å². The number of hydrogen-bond donors (Lipinski definition) is 2. The van der Waals surface area contributed by atoms with Gasteiger partial charge in [-0.05, 0) is 33.9 Å². The highest BCUT2D eigenvalue weighted by Gasteiger charge is 2.21. The van der Waals surface area contributed by atoms with Crippen molar-refractivity contribution >= 4 is 5.96 Å². The molecule has 2 N–H and O–H groups in total. The molecular formula is C19H35N7. The van der Waals surface area contributed by atoms with E-state index in [2.05, 4.69) is 64.3 Å². The van der Waals surface area contributed by atoms with Crippen LogP contribution in [-0.4, -0.2) is 78.9 Å². The minimum atomic E-state index is 0.250. The van der Waals surface area contributed by atoms with E-state index in [0.717, 1.165) is 45.0 Å². The summed E-state index contributed by atoms with van der Waals surface area (Å²) in [6.07, 6.45) is 6.26. The predicted octanol–water partition coefficient (Wildman–Crippen LogP) is 1.23. The largest absolute Gasteiger partial charge is 0.354 e. The third kappa shape index (κ3) is 6.14. The summed E-state index contributed by atoms with van der Waals surface area (Å²) in [4.78, 5) is 9.08. The van der Waals surface area contributed by atoms with Gasteiger partial charge in [0.2, 0.25) is 0 Å². The summed E-state index contributed by atoms with van der Waals surface area (Å²) in [5.41, 5.74) is 2.44. The van der Waals surface area contributed by atoms with Crippen molar-refractivity contribution in [3.8, 4) is 0 Å². The molecule has 1 aromatic heterocycles. The molecule has 1 fully saturated rings. The van der Waals surface area contributed by atoms with E-state index in [4.69, 9.17) is 0 Å². The van der Waals surface area contributed by atoms with Gasteiger partial charge in [-0.1, -0.05) is 12.2 Å². The Kier molecular flexibility index (Phi) is 7.66. The van der Waals surface area contributed by atoms with Crippen LogP contribution in [0.5, 0.6) is 0 Å². The van der Waals surface area contributed by atoms with Crippen molar-refractivity contribution in [2.24, 2.45) is 12.0 Å². The van der Waals surface area contributed by atoms with E-state index in [1.165, 1.54) is 11.1 Å². The Labute approximate surface area is 158 Å². The molecule has 1 atom stereocenters. The highest BCUT2D eigenvalue weighted by Crippen LogP contribution is 2.16. The third-order valence-electron chi connectivity index (χ3n) is 4.84. The average Bonchev–Trinajstić information content (AvgIpc) is 3.01. The maximum Gasteiger partial charge on any atom is 0.191 e. The van der Waals surface area contributed by atoms with Gasteiger partial charge in [-0.3, -0.25) is 14.6 Å². The van der Waals surface area contributed by atoms with E-state index in [1.54, 1.807) is 0 Å². The van der Waals surface area contributed by atoms with Crippen molar-refractivity contribution in [3.63, 3.8) is 0 Å². The molecule has 1 unspecified atom stereocenters. The molecule has 0 radical (unpaired) electrons. The van der Waals surface area contributed by atoms with Crippen LogP contribution in [0.25, 0.3) is 0 Å². The van der Waals surface area contributed by atoms with E-state index in [9.17, 15) is 0 Å². The van der Waals surface area contributed by atoms with Crippen molar-refractivity contribution in [2.45, 2.75) is 31.8 Å². The van der Waals surface area contributed by atoms with E-state index in [-0.39, 0.29) is 6.04 Å². The molecule has 1 aliphatic rings. The third-order valence-corrected chi connectivity index (χ3v) is 4.84. The van der Waals surface area contributed by atoms with Gasteiger partial charge in [0, 0.05) is 58.1 Å². The Morgan fingerprint density at radius 2 is 2.12 bits per heavy atom. The smallest absolute Gasteiger partial charge is 0.191 e. The molecule has 0 aromatic carbocycles. The zero-order valence-electron chi connectivity index (χ0n) is 17.0. The summed E-state index contributed by atoms with van der Waals surface area (Å²) in [5, 5.41) is 11.4.